The van der Waals surface area contributed by atoms with Crippen molar-refractivity contribution in [1.29, 1.82) is 0 Å². The molecule has 10 heteroatoms. The summed E-state index contributed by atoms with van der Waals surface area (Å²) in [4.78, 5) is 30.8. The maximum atomic E-state index is 14.1. The van der Waals surface area contributed by atoms with E-state index in [1.807, 2.05) is 13.8 Å². The molecule has 192 valence electrons. The van der Waals surface area contributed by atoms with E-state index in [1.54, 1.807) is 0 Å². The average molecular weight is 518 g/mol. The molecule has 4 rings (SSSR count). The number of carbonyl (C=O) groups is 2. The summed E-state index contributed by atoms with van der Waals surface area (Å²) >= 11 is 1.17. The Morgan fingerprint density at radius 1 is 1.31 bits per heavy atom. The number of amides is 2. The second-order valence-corrected chi connectivity index (χ2v) is 11.2. The molecule has 2 aromatic rings. The van der Waals surface area contributed by atoms with Gasteiger partial charge in [0.1, 0.15) is 17.2 Å². The number of hydrogen-bond acceptors (Lipinski definition) is 6. The standard InChI is InChI=1S/C26H29F2N3O4S/c1-4-10-29-20(34)11-14-22-17(12-18-25(14,2)9-8-19(33)26(18,3)13-32)36-24(30-22)31-23(35)21-15(27)6-5-7-16(21)28/h1,5-7,14,18-19,32-33H,8-13H2,2-3H3,(H,29,34)(H,30,31,35). The van der Waals surface area contributed by atoms with Gasteiger partial charge in [0, 0.05) is 22.6 Å². The highest BCUT2D eigenvalue weighted by Gasteiger charge is 2.59. The smallest absolute Gasteiger partial charge is 0.263 e. The third-order valence-corrected chi connectivity index (χ3v) is 9.09. The third-order valence-electron chi connectivity index (χ3n) is 8.08. The Labute approximate surface area is 212 Å². The summed E-state index contributed by atoms with van der Waals surface area (Å²) in [7, 11) is 0. The van der Waals surface area contributed by atoms with E-state index in [0.717, 1.165) is 17.0 Å². The summed E-state index contributed by atoms with van der Waals surface area (Å²) in [6, 6.07) is 3.18. The van der Waals surface area contributed by atoms with Gasteiger partial charge < -0.3 is 15.5 Å². The predicted molar refractivity (Wildman–Crippen MR) is 131 cm³/mol. The van der Waals surface area contributed by atoms with Crippen LogP contribution in [-0.4, -0.2) is 46.3 Å². The van der Waals surface area contributed by atoms with Crippen LogP contribution in [0.3, 0.4) is 0 Å². The zero-order valence-corrected chi connectivity index (χ0v) is 20.9. The van der Waals surface area contributed by atoms with Gasteiger partial charge in [-0.2, -0.15) is 0 Å². The number of hydrogen-bond donors (Lipinski definition) is 4. The number of thiazole rings is 1. The van der Waals surface area contributed by atoms with Crippen molar-refractivity contribution in [3.63, 3.8) is 0 Å². The first-order valence-corrected chi connectivity index (χ1v) is 12.6. The van der Waals surface area contributed by atoms with E-state index in [1.165, 1.54) is 17.4 Å². The first kappa shape index (κ1) is 26.2. The molecule has 1 aromatic carbocycles. The van der Waals surface area contributed by atoms with E-state index in [4.69, 9.17) is 6.42 Å². The fraction of sp³-hybridized carbons (Fsp3) is 0.500. The predicted octanol–water partition coefficient (Wildman–Crippen LogP) is 3.23. The molecular weight excluding hydrogens is 488 g/mol. The minimum Gasteiger partial charge on any atom is -0.396 e. The number of aromatic nitrogens is 1. The van der Waals surface area contributed by atoms with E-state index >= 15 is 0 Å². The Morgan fingerprint density at radius 2 is 2.00 bits per heavy atom. The van der Waals surface area contributed by atoms with Crippen molar-refractivity contribution in [2.45, 2.75) is 51.6 Å². The Morgan fingerprint density at radius 3 is 2.64 bits per heavy atom. The minimum absolute atomic E-state index is 0.0815. The molecule has 0 saturated heterocycles. The van der Waals surface area contributed by atoms with Gasteiger partial charge in [0.15, 0.2) is 5.13 Å². The second-order valence-electron chi connectivity index (χ2n) is 10.1. The van der Waals surface area contributed by atoms with Gasteiger partial charge in [-0.1, -0.05) is 25.8 Å². The summed E-state index contributed by atoms with van der Waals surface area (Å²) in [6.45, 7) is 3.75. The molecule has 0 radical (unpaired) electrons. The molecule has 36 heavy (non-hydrogen) atoms. The SMILES string of the molecule is C#CCNC(=O)CC1c2nc(NC(=O)c3c(F)cccc3F)sc2CC2C(C)(CO)C(O)CCC12C. The Hall–Kier alpha value is -2.87. The maximum Gasteiger partial charge on any atom is 0.263 e. The van der Waals surface area contributed by atoms with Crippen molar-refractivity contribution in [3.8, 4) is 12.3 Å². The molecule has 5 atom stereocenters. The number of anilines is 1. The first-order chi connectivity index (χ1) is 17.0. The van der Waals surface area contributed by atoms with Crippen LogP contribution in [0.25, 0.3) is 0 Å². The number of carbonyl (C=O) groups excluding carboxylic acids is 2. The highest BCUT2D eigenvalue weighted by atomic mass is 32.1. The quantitative estimate of drug-likeness (QED) is 0.440. The highest BCUT2D eigenvalue weighted by molar-refractivity contribution is 7.15. The average Bonchev–Trinajstić information content (AvgIpc) is 3.23. The molecule has 1 fully saturated rings. The van der Waals surface area contributed by atoms with Gasteiger partial charge in [-0.15, -0.1) is 17.8 Å². The summed E-state index contributed by atoms with van der Waals surface area (Å²) in [5, 5.41) is 26.5. The number of fused-ring (bicyclic) bond motifs is 2. The van der Waals surface area contributed by atoms with Crippen LogP contribution in [-0.2, 0) is 11.2 Å². The molecule has 2 aliphatic rings. The van der Waals surface area contributed by atoms with Gasteiger partial charge >= 0.3 is 0 Å². The van der Waals surface area contributed by atoms with Crippen molar-refractivity contribution in [3.05, 3.63) is 46.0 Å². The normalized spacial score (nSPS) is 29.0. The summed E-state index contributed by atoms with van der Waals surface area (Å²) in [6.07, 6.45) is 6.20. The Bertz CT molecular complexity index is 1210. The van der Waals surface area contributed by atoms with E-state index in [-0.39, 0.29) is 42.4 Å². The molecule has 1 saturated carbocycles. The number of aliphatic hydroxyl groups is 2. The van der Waals surface area contributed by atoms with Gasteiger partial charge in [0.2, 0.25) is 5.91 Å². The number of halogens is 2. The molecule has 0 bridgehead atoms. The lowest BCUT2D eigenvalue weighted by atomic mass is 9.47. The van der Waals surface area contributed by atoms with Crippen LogP contribution in [0.1, 0.15) is 60.0 Å². The lowest BCUT2D eigenvalue weighted by molar-refractivity contribution is -0.144. The fourth-order valence-electron chi connectivity index (χ4n) is 5.98. The molecule has 5 unspecified atom stereocenters. The number of aliphatic hydroxyl groups excluding tert-OH is 2. The fourth-order valence-corrected chi connectivity index (χ4v) is 7.04. The molecule has 1 heterocycles. The number of nitrogens with zero attached hydrogens (tertiary/aromatic N) is 1. The largest absolute Gasteiger partial charge is 0.396 e. The van der Waals surface area contributed by atoms with Crippen molar-refractivity contribution < 1.29 is 28.6 Å². The van der Waals surface area contributed by atoms with E-state index < -0.39 is 40.0 Å². The van der Waals surface area contributed by atoms with Crippen LogP contribution in [0.2, 0.25) is 0 Å². The van der Waals surface area contributed by atoms with Gasteiger partial charge in [0.05, 0.1) is 24.9 Å². The van der Waals surface area contributed by atoms with Crippen molar-refractivity contribution in [2.24, 2.45) is 16.7 Å². The summed E-state index contributed by atoms with van der Waals surface area (Å²) in [5.74, 6) is -1.36. The van der Waals surface area contributed by atoms with Gasteiger partial charge in [-0.3, -0.25) is 14.9 Å². The molecule has 7 nitrogen and oxygen atoms in total. The topological polar surface area (TPSA) is 112 Å². The van der Waals surface area contributed by atoms with Crippen molar-refractivity contribution in [1.82, 2.24) is 10.3 Å². The number of benzene rings is 1. The molecule has 2 aliphatic carbocycles. The van der Waals surface area contributed by atoms with Crippen molar-refractivity contribution >= 4 is 28.3 Å². The third kappa shape index (κ3) is 4.40. The van der Waals surface area contributed by atoms with Crippen LogP contribution in [0.5, 0.6) is 0 Å². The number of rotatable bonds is 6. The number of terminal acetylenes is 1. The lowest BCUT2D eigenvalue weighted by Gasteiger charge is -2.58. The maximum absolute atomic E-state index is 14.1. The van der Waals surface area contributed by atoms with Crippen LogP contribution >= 0.6 is 11.3 Å². The first-order valence-electron chi connectivity index (χ1n) is 11.8. The van der Waals surface area contributed by atoms with Crippen LogP contribution in [0.15, 0.2) is 18.2 Å². The second kappa shape index (κ2) is 9.88. The Kier molecular flexibility index (Phi) is 7.19. The summed E-state index contributed by atoms with van der Waals surface area (Å²) < 4.78 is 28.3. The van der Waals surface area contributed by atoms with E-state index in [0.29, 0.717) is 25.0 Å². The monoisotopic (exact) mass is 517 g/mol. The van der Waals surface area contributed by atoms with Gasteiger partial charge in [-0.25, -0.2) is 13.8 Å². The summed E-state index contributed by atoms with van der Waals surface area (Å²) in [5.41, 5.74) is -1.35. The molecule has 4 N–H and O–H groups in total. The van der Waals surface area contributed by atoms with Gasteiger partial charge in [-0.05, 0) is 42.7 Å². The zero-order valence-electron chi connectivity index (χ0n) is 20.1. The van der Waals surface area contributed by atoms with Crippen LogP contribution in [0.4, 0.5) is 13.9 Å². The zero-order chi connectivity index (χ0) is 26.3. The Balaban J connectivity index is 1.73. The van der Waals surface area contributed by atoms with E-state index in [2.05, 4.69) is 21.5 Å². The highest BCUT2D eigenvalue weighted by Crippen LogP contribution is 2.62. The van der Waals surface area contributed by atoms with Gasteiger partial charge in [0.25, 0.3) is 5.91 Å². The minimum atomic E-state index is -0.983. The van der Waals surface area contributed by atoms with Crippen LogP contribution < -0.4 is 10.6 Å². The van der Waals surface area contributed by atoms with E-state index in [9.17, 15) is 28.6 Å². The van der Waals surface area contributed by atoms with Crippen molar-refractivity contribution in [2.75, 3.05) is 18.5 Å². The van der Waals surface area contributed by atoms with Crippen LogP contribution in [0, 0.1) is 40.7 Å². The molecule has 1 aromatic heterocycles. The number of nitrogens with one attached hydrogen (secondary N) is 2. The lowest BCUT2D eigenvalue weighted by Crippen LogP contribution is -2.57. The molecule has 0 aliphatic heterocycles. The molecule has 2 amide bonds. The molecule has 0 spiro atoms. The molecular formula is C26H29F2N3O4S.